The first-order valence-electron chi connectivity index (χ1n) is 8.13. The monoisotopic (exact) mass is 399 g/mol. The molecule has 5 nitrogen and oxygen atoms in total. The van der Waals surface area contributed by atoms with Gasteiger partial charge in [-0.25, -0.2) is 4.98 Å². The van der Waals surface area contributed by atoms with Crippen molar-refractivity contribution < 1.29 is 4.79 Å². The van der Waals surface area contributed by atoms with Crippen LogP contribution >= 0.6 is 15.9 Å². The van der Waals surface area contributed by atoms with Crippen LogP contribution in [0, 0.1) is 0 Å². The van der Waals surface area contributed by atoms with Gasteiger partial charge in [0.1, 0.15) is 11.2 Å². The van der Waals surface area contributed by atoms with Crippen molar-refractivity contribution in [1.29, 1.82) is 0 Å². The number of carbonyl (C=O) groups is 1. The Bertz CT molecular complexity index is 1010. The molecule has 0 aliphatic carbocycles. The second-order valence-corrected chi connectivity index (χ2v) is 6.72. The molecule has 2 N–H and O–H groups in total. The first-order valence-corrected chi connectivity index (χ1v) is 8.92. The number of hydrogen-bond donors (Lipinski definition) is 1. The normalized spacial score (nSPS) is 11.0. The fraction of sp³-hybridized carbons (Fsp3) is 0.211. The van der Waals surface area contributed by atoms with Gasteiger partial charge in [-0.3, -0.25) is 14.2 Å². The van der Waals surface area contributed by atoms with Crippen LogP contribution in [0.5, 0.6) is 0 Å². The van der Waals surface area contributed by atoms with Gasteiger partial charge in [0, 0.05) is 22.1 Å². The molecule has 2 heterocycles. The van der Waals surface area contributed by atoms with Gasteiger partial charge in [0.25, 0.3) is 5.91 Å². The summed E-state index contributed by atoms with van der Waals surface area (Å²) in [6.07, 6.45) is 3.99. The van der Waals surface area contributed by atoms with Gasteiger partial charge in [-0.15, -0.1) is 0 Å². The second-order valence-electron chi connectivity index (χ2n) is 5.81. The maximum atomic E-state index is 12.8. The number of unbranched alkanes of at least 4 members (excludes halogenated alkanes) is 1. The lowest BCUT2D eigenvalue weighted by molar-refractivity contribution is 0.0998. The van der Waals surface area contributed by atoms with E-state index in [1.165, 1.54) is 0 Å². The maximum Gasteiger partial charge on any atom is 0.254 e. The fourth-order valence-electron chi connectivity index (χ4n) is 2.99. The molecule has 0 atom stereocenters. The molecule has 0 spiro atoms. The topological polar surface area (TPSA) is 78.0 Å². The molecule has 0 bridgehead atoms. The van der Waals surface area contributed by atoms with Crippen molar-refractivity contribution in [3.05, 3.63) is 68.5 Å². The Kier molecular flexibility index (Phi) is 4.99. The van der Waals surface area contributed by atoms with Crippen molar-refractivity contribution >= 4 is 32.9 Å². The summed E-state index contributed by atoms with van der Waals surface area (Å²) in [6.45, 7) is 2.06. The van der Waals surface area contributed by atoms with E-state index in [4.69, 9.17) is 5.73 Å². The maximum absolute atomic E-state index is 12.8. The van der Waals surface area contributed by atoms with Gasteiger partial charge in [0.2, 0.25) is 5.43 Å². The number of nitrogens with two attached hydrogens (primary N) is 1. The van der Waals surface area contributed by atoms with E-state index < -0.39 is 5.91 Å². The zero-order valence-corrected chi connectivity index (χ0v) is 15.4. The number of hydrogen-bond acceptors (Lipinski definition) is 3. The number of halogens is 1. The number of nitrogens with zero attached hydrogens (tertiary/aromatic N) is 2. The quantitative estimate of drug-likeness (QED) is 0.711. The van der Waals surface area contributed by atoms with Gasteiger partial charge in [-0.05, 0) is 43.2 Å². The first-order chi connectivity index (χ1) is 12.0. The van der Waals surface area contributed by atoms with Gasteiger partial charge < -0.3 is 5.73 Å². The Labute approximate surface area is 153 Å². The third-order valence-electron chi connectivity index (χ3n) is 4.11. The summed E-state index contributed by atoms with van der Waals surface area (Å²) in [6, 6.07) is 11.0. The molecule has 0 saturated carbocycles. The lowest BCUT2D eigenvalue weighted by Crippen LogP contribution is -2.28. The van der Waals surface area contributed by atoms with Crippen LogP contribution < -0.4 is 11.2 Å². The summed E-state index contributed by atoms with van der Waals surface area (Å²) in [5.41, 5.74) is 7.24. The van der Waals surface area contributed by atoms with Gasteiger partial charge in [-0.2, -0.15) is 0 Å². The van der Waals surface area contributed by atoms with Crippen LogP contribution in [-0.4, -0.2) is 15.5 Å². The molecule has 128 valence electrons. The van der Waals surface area contributed by atoms with Crippen LogP contribution in [0.4, 0.5) is 0 Å². The van der Waals surface area contributed by atoms with Crippen LogP contribution in [-0.2, 0) is 6.42 Å². The molecule has 0 aliphatic heterocycles. The molecule has 3 aromatic rings. The lowest BCUT2D eigenvalue weighted by Gasteiger charge is -2.19. The van der Waals surface area contributed by atoms with E-state index in [0.717, 1.165) is 23.0 Å². The number of amides is 1. The molecule has 25 heavy (non-hydrogen) atoms. The average Bonchev–Trinajstić information content (AvgIpc) is 2.59. The van der Waals surface area contributed by atoms with E-state index >= 15 is 0 Å². The van der Waals surface area contributed by atoms with Crippen molar-refractivity contribution in [2.24, 2.45) is 5.73 Å². The summed E-state index contributed by atoms with van der Waals surface area (Å²) >= 11 is 3.48. The molecule has 6 heteroatoms. The largest absolute Gasteiger partial charge is 0.365 e. The van der Waals surface area contributed by atoms with Crippen molar-refractivity contribution in [3.8, 4) is 5.69 Å². The van der Waals surface area contributed by atoms with Crippen LogP contribution in [0.2, 0.25) is 0 Å². The number of benzene rings is 1. The summed E-state index contributed by atoms with van der Waals surface area (Å²) in [5.74, 6) is -0.703. The minimum Gasteiger partial charge on any atom is -0.365 e. The van der Waals surface area contributed by atoms with E-state index in [0.29, 0.717) is 23.1 Å². The number of primary amides is 1. The number of fused-ring (bicyclic) bond motifs is 1. The number of rotatable bonds is 5. The van der Waals surface area contributed by atoms with Gasteiger partial charge in [-0.1, -0.05) is 35.3 Å². The fourth-order valence-corrected chi connectivity index (χ4v) is 3.37. The Hall–Kier alpha value is -2.47. The van der Waals surface area contributed by atoms with Crippen LogP contribution in [0.15, 0.2) is 51.9 Å². The Morgan fingerprint density at radius 2 is 2.08 bits per heavy atom. The molecule has 0 aliphatic rings. The zero-order chi connectivity index (χ0) is 18.0. The highest BCUT2D eigenvalue weighted by Crippen LogP contribution is 2.24. The molecule has 0 unspecified atom stereocenters. The molecule has 1 amide bonds. The highest BCUT2D eigenvalue weighted by Gasteiger charge is 2.21. The van der Waals surface area contributed by atoms with Gasteiger partial charge >= 0.3 is 0 Å². The summed E-state index contributed by atoms with van der Waals surface area (Å²) in [7, 11) is 0. The third-order valence-corrected chi connectivity index (χ3v) is 4.60. The number of carbonyl (C=O) groups excluding carboxylic acids is 1. The highest BCUT2D eigenvalue weighted by molar-refractivity contribution is 9.10. The minimum absolute atomic E-state index is 0.0499. The van der Waals surface area contributed by atoms with E-state index in [1.54, 1.807) is 18.3 Å². The molecule has 0 radical (unpaired) electrons. The van der Waals surface area contributed by atoms with Crippen LogP contribution in [0.25, 0.3) is 16.7 Å². The molecule has 2 aromatic heterocycles. The van der Waals surface area contributed by atoms with E-state index in [2.05, 4.69) is 27.8 Å². The molecular formula is C19H18BrN3O2. The molecular weight excluding hydrogens is 382 g/mol. The third kappa shape index (κ3) is 3.22. The van der Waals surface area contributed by atoms with E-state index in [9.17, 15) is 9.59 Å². The number of pyridine rings is 2. The van der Waals surface area contributed by atoms with E-state index in [1.807, 2.05) is 28.8 Å². The second kappa shape index (κ2) is 7.19. The van der Waals surface area contributed by atoms with Crippen LogP contribution in [0.1, 0.15) is 35.8 Å². The summed E-state index contributed by atoms with van der Waals surface area (Å²) in [5, 5.41) is 0.386. The van der Waals surface area contributed by atoms with Crippen molar-refractivity contribution in [1.82, 2.24) is 9.55 Å². The molecule has 1 aromatic carbocycles. The van der Waals surface area contributed by atoms with Crippen LogP contribution in [0.3, 0.4) is 0 Å². The Morgan fingerprint density at radius 3 is 2.76 bits per heavy atom. The van der Waals surface area contributed by atoms with Crippen molar-refractivity contribution in [3.63, 3.8) is 0 Å². The predicted octanol–water partition coefficient (Wildman–Crippen LogP) is 3.59. The average molecular weight is 400 g/mol. The standard InChI is InChI=1S/C19H18BrN3O2/c1-2-3-9-15-16(18(21)25)17(24)14-8-5-10-22-19(14)23(15)13-7-4-6-12(20)11-13/h4-8,10-11H,2-3,9H2,1H3,(H2,21,25). The summed E-state index contributed by atoms with van der Waals surface area (Å²) < 4.78 is 2.77. The van der Waals surface area contributed by atoms with Gasteiger partial charge in [0.15, 0.2) is 0 Å². The highest BCUT2D eigenvalue weighted by atomic mass is 79.9. The van der Waals surface area contributed by atoms with Crippen molar-refractivity contribution in [2.45, 2.75) is 26.2 Å². The van der Waals surface area contributed by atoms with Gasteiger partial charge in [0.05, 0.1) is 5.39 Å². The molecule has 0 fully saturated rings. The summed E-state index contributed by atoms with van der Waals surface area (Å²) in [4.78, 5) is 29.3. The smallest absolute Gasteiger partial charge is 0.254 e. The zero-order valence-electron chi connectivity index (χ0n) is 13.8. The molecule has 0 saturated heterocycles. The number of aromatic nitrogens is 2. The lowest BCUT2D eigenvalue weighted by atomic mass is 10.0. The first kappa shape index (κ1) is 17.4. The van der Waals surface area contributed by atoms with E-state index in [-0.39, 0.29) is 11.0 Å². The van der Waals surface area contributed by atoms with Crippen molar-refractivity contribution in [2.75, 3.05) is 0 Å². The predicted molar refractivity (Wildman–Crippen MR) is 102 cm³/mol. The Morgan fingerprint density at radius 1 is 1.28 bits per heavy atom. The minimum atomic E-state index is -0.703. The molecule has 3 rings (SSSR count). The Balaban J connectivity index is 2.48. The SMILES string of the molecule is CCCCc1c(C(N)=O)c(=O)c2cccnc2n1-c1cccc(Br)c1.